The summed E-state index contributed by atoms with van der Waals surface area (Å²) in [6.45, 7) is 10.5. The molecule has 11 nitrogen and oxygen atoms in total. The lowest BCUT2D eigenvalue weighted by Gasteiger charge is -2.30. The molecule has 0 unspecified atom stereocenters. The van der Waals surface area contributed by atoms with Crippen LogP contribution in [0.15, 0.2) is 39.6 Å². The van der Waals surface area contributed by atoms with Crippen LogP contribution in [0, 0.1) is 5.41 Å². The molecule has 3 aromatic heterocycles. The number of aromatic hydroxyl groups is 1. The minimum Gasteiger partial charge on any atom is -0.505 e. The monoisotopic (exact) mass is 493 g/mol. The van der Waals surface area contributed by atoms with Crippen molar-refractivity contribution in [2.24, 2.45) is 5.41 Å². The molecule has 0 saturated carbocycles. The average molecular weight is 494 g/mol. The van der Waals surface area contributed by atoms with Crippen molar-refractivity contribution in [3.05, 3.63) is 47.4 Å². The van der Waals surface area contributed by atoms with Crippen molar-refractivity contribution in [1.82, 2.24) is 25.2 Å². The molecule has 0 aliphatic heterocycles. The zero-order valence-corrected chi connectivity index (χ0v) is 21.4. The molecule has 0 bridgehead atoms. The fraction of sp³-hybridized carbons (Fsp3) is 0.400. The summed E-state index contributed by atoms with van der Waals surface area (Å²) in [4.78, 5) is 23.0. The van der Waals surface area contributed by atoms with Gasteiger partial charge < -0.3 is 25.1 Å². The van der Waals surface area contributed by atoms with Gasteiger partial charge in [-0.05, 0) is 45.4 Å². The Bertz CT molecular complexity index is 1380. The van der Waals surface area contributed by atoms with Gasteiger partial charge >= 0.3 is 0 Å². The molecule has 36 heavy (non-hydrogen) atoms. The molecule has 4 rings (SSSR count). The Labute approximate surface area is 208 Å². The fourth-order valence-electron chi connectivity index (χ4n) is 3.68. The van der Waals surface area contributed by atoms with Gasteiger partial charge in [-0.15, -0.1) is 0 Å². The van der Waals surface area contributed by atoms with E-state index in [9.17, 15) is 9.90 Å². The van der Waals surface area contributed by atoms with Gasteiger partial charge in [-0.2, -0.15) is 0 Å². The number of rotatable bonds is 7. The van der Waals surface area contributed by atoms with Crippen LogP contribution in [-0.4, -0.2) is 50.3 Å². The first-order chi connectivity index (χ1) is 17.0. The van der Waals surface area contributed by atoms with Crippen molar-refractivity contribution in [1.29, 1.82) is 0 Å². The van der Waals surface area contributed by atoms with Crippen molar-refractivity contribution in [3.8, 4) is 5.75 Å². The summed E-state index contributed by atoms with van der Waals surface area (Å²) < 4.78 is 10.8. The van der Waals surface area contributed by atoms with Gasteiger partial charge in [0, 0.05) is 14.1 Å². The Morgan fingerprint density at radius 2 is 1.75 bits per heavy atom. The molecule has 0 fully saturated rings. The Kier molecular flexibility index (Phi) is 6.57. The number of furan rings is 1. The number of benzene rings is 1. The number of nitrogens with zero attached hydrogens (tertiary/aromatic N) is 5. The molecule has 3 N–H and O–H groups in total. The summed E-state index contributed by atoms with van der Waals surface area (Å²) >= 11 is 0. The summed E-state index contributed by atoms with van der Waals surface area (Å²) in [5, 5.41) is 25.0. The minimum absolute atomic E-state index is 0.154. The number of para-hydroxylation sites is 1. The van der Waals surface area contributed by atoms with Gasteiger partial charge in [-0.3, -0.25) is 4.79 Å². The second kappa shape index (κ2) is 9.48. The van der Waals surface area contributed by atoms with Crippen LogP contribution in [0.4, 0.5) is 17.3 Å². The lowest BCUT2D eigenvalue weighted by atomic mass is 9.85. The van der Waals surface area contributed by atoms with E-state index in [4.69, 9.17) is 9.05 Å². The molecule has 0 spiro atoms. The molecule has 1 amide bonds. The summed E-state index contributed by atoms with van der Waals surface area (Å²) in [5.41, 5.74) is 1.66. The molecule has 1 aromatic carbocycles. The molecule has 1 atom stereocenters. The smallest absolute Gasteiger partial charge is 0.257 e. The van der Waals surface area contributed by atoms with E-state index in [0.29, 0.717) is 11.7 Å². The average Bonchev–Trinajstić information content (AvgIpc) is 3.46. The lowest BCUT2D eigenvalue weighted by molar-refractivity contribution is 0.0824. The quantitative estimate of drug-likeness (QED) is 0.298. The maximum absolute atomic E-state index is 12.5. The second-order valence-electron chi connectivity index (χ2n) is 10.2. The highest BCUT2D eigenvalue weighted by Gasteiger charge is 2.31. The first kappa shape index (κ1) is 25.0. The third kappa shape index (κ3) is 4.95. The van der Waals surface area contributed by atoms with E-state index in [1.54, 1.807) is 38.6 Å². The minimum atomic E-state index is -0.330. The lowest BCUT2D eigenvalue weighted by Crippen LogP contribution is -2.26. The van der Waals surface area contributed by atoms with Crippen LogP contribution in [0.25, 0.3) is 11.3 Å². The van der Waals surface area contributed by atoms with Gasteiger partial charge in [0.1, 0.15) is 5.76 Å². The molecular formula is C25H31N7O4. The van der Waals surface area contributed by atoms with Crippen LogP contribution in [-0.2, 0) is 0 Å². The third-order valence-electron chi connectivity index (χ3n) is 5.78. The molecule has 0 saturated heterocycles. The molecule has 190 valence electrons. The number of nitrogens with one attached hydrogen (secondary N) is 2. The largest absolute Gasteiger partial charge is 0.505 e. The van der Waals surface area contributed by atoms with Gasteiger partial charge in [-0.1, -0.05) is 40.7 Å². The van der Waals surface area contributed by atoms with Gasteiger partial charge in [0.15, 0.2) is 17.4 Å². The summed E-state index contributed by atoms with van der Waals surface area (Å²) in [7, 11) is 3.24. The number of hydrogen-bond acceptors (Lipinski definition) is 10. The Hall–Kier alpha value is -4.15. The maximum atomic E-state index is 12.5. The molecular weight excluding hydrogens is 462 g/mol. The van der Waals surface area contributed by atoms with E-state index in [2.05, 4.69) is 65.5 Å². The van der Waals surface area contributed by atoms with Crippen molar-refractivity contribution in [2.75, 3.05) is 24.7 Å². The molecule has 11 heteroatoms. The maximum Gasteiger partial charge on any atom is 0.257 e. The fourth-order valence-corrected chi connectivity index (χ4v) is 3.68. The van der Waals surface area contributed by atoms with Gasteiger partial charge in [0.2, 0.25) is 11.3 Å². The first-order valence-electron chi connectivity index (χ1n) is 11.6. The van der Waals surface area contributed by atoms with Crippen molar-refractivity contribution in [2.45, 2.75) is 46.6 Å². The van der Waals surface area contributed by atoms with E-state index in [-0.39, 0.29) is 51.5 Å². The number of carbonyl (C=O) groups is 1. The van der Waals surface area contributed by atoms with E-state index in [1.165, 1.54) is 4.90 Å². The first-order valence-corrected chi connectivity index (χ1v) is 11.6. The number of phenols is 1. The van der Waals surface area contributed by atoms with Crippen LogP contribution in [0.2, 0.25) is 0 Å². The van der Waals surface area contributed by atoms with Gasteiger partial charge in [0.25, 0.3) is 5.91 Å². The topological polar surface area (TPSA) is 142 Å². The van der Waals surface area contributed by atoms with E-state index in [1.807, 2.05) is 6.07 Å². The highest BCUT2D eigenvalue weighted by molar-refractivity contribution is 5.98. The number of carbonyl (C=O) groups excluding carboxylic acids is 1. The second-order valence-corrected chi connectivity index (χ2v) is 10.2. The normalized spacial score (nSPS) is 12.7. The number of hydrogen-bond donors (Lipinski definition) is 3. The van der Waals surface area contributed by atoms with Crippen LogP contribution in [0.5, 0.6) is 5.75 Å². The Morgan fingerprint density at radius 3 is 2.33 bits per heavy atom. The standard InChI is InChI=1S/C25H31N7O4/c1-13(2)14-11-17(35-12-14)19(25(3,4)5)27-21-20(28-22-23(29-21)31-36-30-22)26-16-10-8-9-15(18(16)33)24(34)32(6)7/h8-13,19,33H,1-7H3,(H,26,28,30)(H,27,29,31)/t19-/m0/s1. The molecule has 4 aromatic rings. The highest BCUT2D eigenvalue weighted by atomic mass is 16.6. The number of aromatic nitrogens is 4. The van der Waals surface area contributed by atoms with Crippen LogP contribution >= 0.6 is 0 Å². The number of fused-ring (bicyclic) bond motifs is 1. The van der Waals surface area contributed by atoms with Gasteiger partial charge in [-0.25, -0.2) is 14.6 Å². The molecule has 0 aliphatic carbocycles. The summed E-state index contributed by atoms with van der Waals surface area (Å²) in [5.74, 6) is 1.15. The van der Waals surface area contributed by atoms with E-state index in [0.717, 1.165) is 11.3 Å². The summed E-state index contributed by atoms with van der Waals surface area (Å²) in [6, 6.07) is 6.61. The van der Waals surface area contributed by atoms with Crippen LogP contribution < -0.4 is 10.6 Å². The van der Waals surface area contributed by atoms with E-state index < -0.39 is 0 Å². The SMILES string of the molecule is CC(C)c1coc([C@H](Nc2nc3nonc3nc2Nc2cccc(C(=O)N(C)C)c2O)C(C)(C)C)c1. The zero-order valence-electron chi connectivity index (χ0n) is 21.4. The predicted molar refractivity (Wildman–Crippen MR) is 135 cm³/mol. The van der Waals surface area contributed by atoms with Gasteiger partial charge in [0.05, 0.1) is 23.6 Å². The Morgan fingerprint density at radius 1 is 1.08 bits per heavy atom. The number of phenolic OH excluding ortho intramolecular Hbond substituents is 1. The van der Waals surface area contributed by atoms with Crippen molar-refractivity contribution in [3.63, 3.8) is 0 Å². The number of amides is 1. The summed E-state index contributed by atoms with van der Waals surface area (Å²) in [6.07, 6.45) is 1.77. The number of anilines is 3. The molecule has 0 aliphatic rings. The van der Waals surface area contributed by atoms with Crippen molar-refractivity contribution >= 4 is 34.5 Å². The van der Waals surface area contributed by atoms with E-state index >= 15 is 0 Å². The van der Waals surface area contributed by atoms with Crippen molar-refractivity contribution < 1.29 is 18.9 Å². The predicted octanol–water partition coefficient (Wildman–Crippen LogP) is 5.08. The highest BCUT2D eigenvalue weighted by Crippen LogP contribution is 2.40. The Balaban J connectivity index is 1.77. The van der Waals surface area contributed by atoms with Crippen LogP contribution in [0.1, 0.15) is 68.3 Å². The van der Waals surface area contributed by atoms with Crippen LogP contribution in [0.3, 0.4) is 0 Å². The zero-order chi connectivity index (χ0) is 26.2. The molecule has 3 heterocycles. The third-order valence-corrected chi connectivity index (χ3v) is 5.78. The molecule has 0 radical (unpaired) electrons.